The van der Waals surface area contributed by atoms with Gasteiger partial charge in [-0.15, -0.1) is 12.4 Å². The number of nitrogens with two attached hydrogens (primary N) is 1. The van der Waals surface area contributed by atoms with E-state index >= 15 is 0 Å². The summed E-state index contributed by atoms with van der Waals surface area (Å²) < 4.78 is 1.74. The first-order valence-corrected chi connectivity index (χ1v) is 6.95. The molecule has 2 N–H and O–H groups in total. The highest BCUT2D eigenvalue weighted by atomic mass is 35.5. The van der Waals surface area contributed by atoms with Gasteiger partial charge in [-0.25, -0.2) is 9.97 Å². The highest BCUT2D eigenvalue weighted by molar-refractivity contribution is 5.85. The van der Waals surface area contributed by atoms with Crippen LogP contribution in [0.15, 0.2) is 12.4 Å². The van der Waals surface area contributed by atoms with Gasteiger partial charge in [-0.3, -0.25) is 4.90 Å². The van der Waals surface area contributed by atoms with E-state index in [1.54, 1.807) is 11.0 Å². The van der Waals surface area contributed by atoms with Crippen molar-refractivity contribution in [2.75, 3.05) is 12.3 Å². The lowest BCUT2D eigenvalue weighted by Crippen LogP contribution is -2.35. The average Bonchev–Trinajstić information content (AvgIpc) is 2.76. The van der Waals surface area contributed by atoms with E-state index in [0.717, 1.165) is 42.3 Å². The summed E-state index contributed by atoms with van der Waals surface area (Å²) in [7, 11) is 0. The van der Waals surface area contributed by atoms with E-state index in [1.165, 1.54) is 0 Å². The van der Waals surface area contributed by atoms with Crippen LogP contribution < -0.4 is 5.73 Å². The molecule has 2 aromatic heterocycles. The second-order valence-corrected chi connectivity index (χ2v) is 5.55. The molecular formula is C14H21ClN6. The quantitative estimate of drug-likeness (QED) is 0.915. The molecule has 1 aliphatic heterocycles. The first-order valence-electron chi connectivity index (χ1n) is 6.95. The van der Waals surface area contributed by atoms with Crippen molar-refractivity contribution in [1.29, 1.82) is 0 Å². The zero-order valence-corrected chi connectivity index (χ0v) is 13.4. The van der Waals surface area contributed by atoms with E-state index < -0.39 is 0 Å². The number of rotatable bonds is 2. The molecule has 0 atom stereocenters. The number of aryl methyl sites for hydroxylation is 1. The highest BCUT2D eigenvalue weighted by Crippen LogP contribution is 2.26. The Morgan fingerprint density at radius 2 is 2.05 bits per heavy atom. The molecule has 0 saturated heterocycles. The molecule has 0 amide bonds. The summed E-state index contributed by atoms with van der Waals surface area (Å²) in [4.78, 5) is 10.8. The van der Waals surface area contributed by atoms with Crippen LogP contribution in [0, 0.1) is 6.92 Å². The SMILES string of the molecule is Cc1cc(-n2nc3c(c2N)CN(C(C)C)CC3)ncn1.Cl. The summed E-state index contributed by atoms with van der Waals surface area (Å²) in [6.45, 7) is 8.25. The fourth-order valence-corrected chi connectivity index (χ4v) is 2.59. The Kier molecular flexibility index (Phi) is 4.49. The number of hydrogen-bond donors (Lipinski definition) is 1. The van der Waals surface area contributed by atoms with E-state index in [2.05, 4.69) is 33.8 Å². The Morgan fingerprint density at radius 1 is 1.29 bits per heavy atom. The molecule has 21 heavy (non-hydrogen) atoms. The Bertz CT molecular complexity index is 636. The van der Waals surface area contributed by atoms with Crippen molar-refractivity contribution in [3.8, 4) is 5.82 Å². The molecule has 0 spiro atoms. The molecule has 0 radical (unpaired) electrons. The van der Waals surface area contributed by atoms with Crippen LogP contribution in [0.1, 0.15) is 30.8 Å². The van der Waals surface area contributed by atoms with E-state index in [-0.39, 0.29) is 12.4 Å². The van der Waals surface area contributed by atoms with Crippen LogP contribution in [0.5, 0.6) is 0 Å². The highest BCUT2D eigenvalue weighted by Gasteiger charge is 2.25. The van der Waals surface area contributed by atoms with Crippen LogP contribution in [-0.2, 0) is 13.0 Å². The Morgan fingerprint density at radius 3 is 2.71 bits per heavy atom. The van der Waals surface area contributed by atoms with Gasteiger partial charge in [0.25, 0.3) is 0 Å². The minimum absolute atomic E-state index is 0. The van der Waals surface area contributed by atoms with Gasteiger partial charge in [0.15, 0.2) is 5.82 Å². The van der Waals surface area contributed by atoms with Crippen molar-refractivity contribution in [2.45, 2.75) is 39.8 Å². The zero-order valence-electron chi connectivity index (χ0n) is 12.6. The molecule has 3 rings (SSSR count). The first kappa shape index (κ1) is 15.7. The average molecular weight is 309 g/mol. The van der Waals surface area contributed by atoms with Crippen LogP contribution in [0.3, 0.4) is 0 Å². The Hall–Kier alpha value is -1.66. The fraction of sp³-hybridized carbons (Fsp3) is 0.500. The van der Waals surface area contributed by atoms with Crippen molar-refractivity contribution in [3.05, 3.63) is 29.3 Å². The third-order valence-corrected chi connectivity index (χ3v) is 3.84. The molecular weight excluding hydrogens is 288 g/mol. The lowest BCUT2D eigenvalue weighted by Gasteiger charge is -2.29. The van der Waals surface area contributed by atoms with Gasteiger partial charge >= 0.3 is 0 Å². The molecule has 0 aliphatic carbocycles. The molecule has 0 fully saturated rings. The molecule has 2 aromatic rings. The van der Waals surface area contributed by atoms with Crippen LogP contribution >= 0.6 is 12.4 Å². The van der Waals surface area contributed by atoms with Crippen molar-refractivity contribution < 1.29 is 0 Å². The van der Waals surface area contributed by atoms with Crippen molar-refractivity contribution in [2.24, 2.45) is 0 Å². The van der Waals surface area contributed by atoms with Crippen LogP contribution in [0.2, 0.25) is 0 Å². The maximum absolute atomic E-state index is 6.28. The molecule has 0 unspecified atom stereocenters. The van der Waals surface area contributed by atoms with Crippen LogP contribution in [-0.4, -0.2) is 37.2 Å². The van der Waals surface area contributed by atoms with Crippen LogP contribution in [0.4, 0.5) is 5.82 Å². The van der Waals surface area contributed by atoms with Gasteiger partial charge < -0.3 is 5.73 Å². The molecule has 7 heteroatoms. The predicted octanol–water partition coefficient (Wildman–Crippen LogP) is 1.74. The molecule has 0 bridgehead atoms. The number of aromatic nitrogens is 4. The largest absolute Gasteiger partial charge is 0.383 e. The first-order chi connectivity index (χ1) is 9.56. The molecule has 1 aliphatic rings. The maximum Gasteiger partial charge on any atom is 0.159 e. The van der Waals surface area contributed by atoms with Crippen molar-refractivity contribution >= 4 is 18.2 Å². The minimum Gasteiger partial charge on any atom is -0.383 e. The zero-order chi connectivity index (χ0) is 14.3. The lowest BCUT2D eigenvalue weighted by atomic mass is 10.1. The summed E-state index contributed by atoms with van der Waals surface area (Å²) >= 11 is 0. The van der Waals surface area contributed by atoms with Gasteiger partial charge in [0, 0.05) is 42.9 Å². The van der Waals surface area contributed by atoms with E-state index in [4.69, 9.17) is 5.73 Å². The smallest absolute Gasteiger partial charge is 0.159 e. The summed E-state index contributed by atoms with van der Waals surface area (Å²) in [6.07, 6.45) is 2.49. The Labute approximate surface area is 130 Å². The summed E-state index contributed by atoms with van der Waals surface area (Å²) in [6, 6.07) is 2.42. The summed E-state index contributed by atoms with van der Waals surface area (Å²) in [5, 5.41) is 4.63. The van der Waals surface area contributed by atoms with Crippen molar-refractivity contribution in [1.82, 2.24) is 24.6 Å². The molecule has 0 saturated carbocycles. The molecule has 0 aromatic carbocycles. The number of nitrogens with zero attached hydrogens (tertiary/aromatic N) is 5. The number of nitrogen functional groups attached to an aromatic ring is 1. The van der Waals surface area contributed by atoms with E-state index in [0.29, 0.717) is 11.9 Å². The van der Waals surface area contributed by atoms with E-state index in [9.17, 15) is 0 Å². The normalized spacial score (nSPS) is 14.9. The molecule has 114 valence electrons. The maximum atomic E-state index is 6.28. The lowest BCUT2D eigenvalue weighted by molar-refractivity contribution is 0.203. The van der Waals surface area contributed by atoms with Gasteiger partial charge in [-0.05, 0) is 20.8 Å². The molecule has 3 heterocycles. The second-order valence-electron chi connectivity index (χ2n) is 5.55. The van der Waals surface area contributed by atoms with Crippen LogP contribution in [0.25, 0.3) is 5.82 Å². The van der Waals surface area contributed by atoms with Gasteiger partial charge in [0.05, 0.1) is 5.69 Å². The summed E-state index contributed by atoms with van der Waals surface area (Å²) in [5.74, 6) is 1.43. The minimum atomic E-state index is 0. The monoisotopic (exact) mass is 308 g/mol. The van der Waals surface area contributed by atoms with Gasteiger partial charge in [-0.2, -0.15) is 9.78 Å². The number of anilines is 1. The fourth-order valence-electron chi connectivity index (χ4n) is 2.59. The standard InChI is InChI=1S/C14H20N6.ClH/c1-9(2)19-5-4-12-11(7-19)14(15)20(18-12)13-6-10(3)16-8-17-13;/h6,8-9H,4-5,7,15H2,1-3H3;1H. The summed E-state index contributed by atoms with van der Waals surface area (Å²) in [5.41, 5.74) is 9.42. The molecule has 6 nitrogen and oxygen atoms in total. The van der Waals surface area contributed by atoms with Crippen molar-refractivity contribution in [3.63, 3.8) is 0 Å². The third kappa shape index (κ3) is 2.87. The van der Waals surface area contributed by atoms with Gasteiger partial charge in [0.2, 0.25) is 0 Å². The predicted molar refractivity (Wildman–Crippen MR) is 84.8 cm³/mol. The third-order valence-electron chi connectivity index (χ3n) is 3.84. The Balaban J connectivity index is 0.00000161. The topological polar surface area (TPSA) is 72.9 Å². The number of hydrogen-bond acceptors (Lipinski definition) is 5. The number of fused-ring (bicyclic) bond motifs is 1. The second kappa shape index (κ2) is 5.99. The van der Waals surface area contributed by atoms with Gasteiger partial charge in [-0.1, -0.05) is 0 Å². The van der Waals surface area contributed by atoms with E-state index in [1.807, 2.05) is 13.0 Å². The number of halogens is 1. The van der Waals surface area contributed by atoms with Gasteiger partial charge in [0.1, 0.15) is 12.1 Å².